The van der Waals surface area contributed by atoms with Gasteiger partial charge in [-0.3, -0.25) is 0 Å². The molecule has 2 N–H and O–H groups in total. The summed E-state index contributed by atoms with van der Waals surface area (Å²) >= 11 is 0. The Bertz CT molecular complexity index is 415. The van der Waals surface area contributed by atoms with Gasteiger partial charge in [0.1, 0.15) is 5.60 Å². The minimum absolute atomic E-state index is 0.131. The lowest BCUT2D eigenvalue weighted by molar-refractivity contribution is -0.135. The number of aliphatic hydroxyl groups is 1. The number of amides is 1. The van der Waals surface area contributed by atoms with Gasteiger partial charge < -0.3 is 24.7 Å². The van der Waals surface area contributed by atoms with Gasteiger partial charge in [-0.15, -0.1) is 0 Å². The van der Waals surface area contributed by atoms with Gasteiger partial charge in [0.15, 0.2) is 11.8 Å². The number of oxime groups is 1. The molecule has 1 aliphatic rings. The van der Waals surface area contributed by atoms with Crippen LogP contribution in [0.4, 0.5) is 4.79 Å². The molecule has 0 unspecified atom stereocenters. The molecule has 0 aromatic heterocycles. The molecular weight excluding hydrogens is 280 g/mol. The normalized spacial score (nSPS) is 19.3. The Morgan fingerprint density at radius 1 is 1.52 bits per heavy atom. The zero-order valence-electron chi connectivity index (χ0n) is 12.7. The molecular formula is C13H22N2O6. The van der Waals surface area contributed by atoms with Gasteiger partial charge in [-0.25, -0.2) is 9.59 Å². The second-order valence-corrected chi connectivity index (χ2v) is 5.54. The number of nitrogens with zero attached hydrogens (tertiary/aromatic N) is 1. The van der Waals surface area contributed by atoms with E-state index in [0.717, 1.165) is 0 Å². The molecule has 8 heteroatoms. The van der Waals surface area contributed by atoms with E-state index in [-0.39, 0.29) is 25.3 Å². The van der Waals surface area contributed by atoms with Gasteiger partial charge in [0, 0.05) is 6.42 Å². The summed E-state index contributed by atoms with van der Waals surface area (Å²) in [6.45, 7) is 6.75. The molecule has 1 rings (SSSR count). The van der Waals surface area contributed by atoms with Crippen molar-refractivity contribution in [3.8, 4) is 0 Å². The second kappa shape index (κ2) is 7.26. The molecule has 0 bridgehead atoms. The number of carbonyl (C=O) groups is 2. The Kier molecular flexibility index (Phi) is 5.95. The smallest absolute Gasteiger partial charge is 0.408 e. The summed E-state index contributed by atoms with van der Waals surface area (Å²) in [5.41, 5.74) is -0.515. The van der Waals surface area contributed by atoms with Crippen LogP contribution in [0.2, 0.25) is 0 Å². The Hall–Kier alpha value is -1.83. The molecule has 8 nitrogen and oxygen atoms in total. The maximum absolute atomic E-state index is 11.7. The number of hydrogen-bond acceptors (Lipinski definition) is 7. The van der Waals surface area contributed by atoms with Crippen LogP contribution in [0.25, 0.3) is 0 Å². The van der Waals surface area contributed by atoms with Gasteiger partial charge in [0.05, 0.1) is 19.3 Å². The van der Waals surface area contributed by atoms with Crippen molar-refractivity contribution in [1.29, 1.82) is 0 Å². The first-order valence-corrected chi connectivity index (χ1v) is 6.77. The third-order valence-electron chi connectivity index (χ3n) is 2.55. The minimum atomic E-state index is -0.726. The van der Waals surface area contributed by atoms with Crippen molar-refractivity contribution in [3.63, 3.8) is 0 Å². The number of aliphatic hydroxyl groups excluding tert-OH is 1. The zero-order valence-corrected chi connectivity index (χ0v) is 12.7. The first kappa shape index (κ1) is 17.2. The van der Waals surface area contributed by atoms with Crippen molar-refractivity contribution in [2.24, 2.45) is 5.16 Å². The molecule has 21 heavy (non-hydrogen) atoms. The number of ether oxygens (including phenoxy) is 2. The summed E-state index contributed by atoms with van der Waals surface area (Å²) in [7, 11) is 0. The SMILES string of the molecule is CCOC(=O)C1=NO[C@@H]([C@H](CO)NC(=O)OC(C)(C)C)C1. The molecule has 1 amide bonds. The van der Waals surface area contributed by atoms with Gasteiger partial charge in [-0.1, -0.05) is 5.16 Å². The lowest BCUT2D eigenvalue weighted by atomic mass is 10.1. The van der Waals surface area contributed by atoms with E-state index in [4.69, 9.17) is 14.3 Å². The third-order valence-corrected chi connectivity index (χ3v) is 2.55. The predicted molar refractivity (Wildman–Crippen MR) is 73.8 cm³/mol. The fourth-order valence-corrected chi connectivity index (χ4v) is 1.66. The zero-order chi connectivity index (χ0) is 16.0. The number of hydrogen-bond donors (Lipinski definition) is 2. The summed E-state index contributed by atoms with van der Waals surface area (Å²) in [5, 5.41) is 15.5. The largest absolute Gasteiger partial charge is 0.461 e. The summed E-state index contributed by atoms with van der Waals surface area (Å²) in [6.07, 6.45) is -1.16. The number of nitrogens with one attached hydrogen (secondary N) is 1. The van der Waals surface area contributed by atoms with Crippen molar-refractivity contribution in [2.45, 2.75) is 51.9 Å². The summed E-state index contributed by atoms with van der Waals surface area (Å²) in [5.74, 6) is -0.561. The number of rotatable bonds is 5. The van der Waals surface area contributed by atoms with E-state index < -0.39 is 29.8 Å². The summed E-state index contributed by atoms with van der Waals surface area (Å²) in [4.78, 5) is 28.3. The van der Waals surface area contributed by atoms with Crippen molar-refractivity contribution >= 4 is 17.8 Å². The third kappa shape index (κ3) is 5.58. The Morgan fingerprint density at radius 3 is 2.71 bits per heavy atom. The minimum Gasteiger partial charge on any atom is -0.461 e. The highest BCUT2D eigenvalue weighted by molar-refractivity contribution is 6.36. The van der Waals surface area contributed by atoms with Crippen LogP contribution >= 0.6 is 0 Å². The first-order chi connectivity index (χ1) is 9.76. The number of carbonyl (C=O) groups excluding carboxylic acids is 2. The van der Waals surface area contributed by atoms with Crippen LogP contribution in [0.15, 0.2) is 5.16 Å². The van der Waals surface area contributed by atoms with Crippen molar-refractivity contribution in [3.05, 3.63) is 0 Å². The molecule has 0 saturated heterocycles. The molecule has 0 aromatic carbocycles. The lowest BCUT2D eigenvalue weighted by Gasteiger charge is -2.24. The molecule has 0 aromatic rings. The second-order valence-electron chi connectivity index (χ2n) is 5.54. The summed E-state index contributed by atoms with van der Waals surface area (Å²) < 4.78 is 9.91. The maximum Gasteiger partial charge on any atom is 0.408 e. The van der Waals surface area contributed by atoms with Crippen LogP contribution in [0.1, 0.15) is 34.1 Å². The molecule has 120 valence electrons. The maximum atomic E-state index is 11.7. The van der Waals surface area contributed by atoms with Crippen molar-refractivity contribution in [1.82, 2.24) is 5.32 Å². The highest BCUT2D eigenvalue weighted by Crippen LogP contribution is 2.16. The average molecular weight is 302 g/mol. The van der Waals surface area contributed by atoms with Crippen molar-refractivity contribution in [2.75, 3.05) is 13.2 Å². The highest BCUT2D eigenvalue weighted by Gasteiger charge is 2.34. The van der Waals surface area contributed by atoms with E-state index in [9.17, 15) is 14.7 Å². The monoisotopic (exact) mass is 302 g/mol. The van der Waals surface area contributed by atoms with Crippen LogP contribution < -0.4 is 5.32 Å². The molecule has 0 spiro atoms. The van der Waals surface area contributed by atoms with Gasteiger partial charge >= 0.3 is 12.1 Å². The number of alkyl carbamates (subject to hydrolysis) is 1. The van der Waals surface area contributed by atoms with E-state index in [1.165, 1.54) is 0 Å². The van der Waals surface area contributed by atoms with Crippen LogP contribution in [0.5, 0.6) is 0 Å². The van der Waals surface area contributed by atoms with E-state index in [2.05, 4.69) is 10.5 Å². The van der Waals surface area contributed by atoms with E-state index in [1.807, 2.05) is 0 Å². The fraction of sp³-hybridized carbons (Fsp3) is 0.769. The molecule has 0 aliphatic carbocycles. The first-order valence-electron chi connectivity index (χ1n) is 6.77. The van der Waals surface area contributed by atoms with E-state index >= 15 is 0 Å². The van der Waals surface area contributed by atoms with Gasteiger partial charge in [0.2, 0.25) is 0 Å². The van der Waals surface area contributed by atoms with Crippen LogP contribution in [-0.4, -0.2) is 53.8 Å². The predicted octanol–water partition coefficient (Wildman–Crippen LogP) is 0.580. The average Bonchev–Trinajstić information content (AvgIpc) is 2.83. The van der Waals surface area contributed by atoms with E-state index in [0.29, 0.717) is 0 Å². The summed E-state index contributed by atoms with van der Waals surface area (Å²) in [6, 6.07) is -0.726. The Morgan fingerprint density at radius 2 is 2.19 bits per heavy atom. The molecule has 0 radical (unpaired) electrons. The Labute approximate surface area is 123 Å². The lowest BCUT2D eigenvalue weighted by Crippen LogP contribution is -2.47. The Balaban J connectivity index is 2.52. The van der Waals surface area contributed by atoms with Gasteiger partial charge in [-0.2, -0.15) is 0 Å². The van der Waals surface area contributed by atoms with Gasteiger partial charge in [0.25, 0.3) is 0 Å². The van der Waals surface area contributed by atoms with E-state index in [1.54, 1.807) is 27.7 Å². The van der Waals surface area contributed by atoms with Gasteiger partial charge in [-0.05, 0) is 27.7 Å². The van der Waals surface area contributed by atoms with Crippen LogP contribution in [0.3, 0.4) is 0 Å². The molecule has 1 heterocycles. The highest BCUT2D eigenvalue weighted by atomic mass is 16.6. The standard InChI is InChI=1S/C13H22N2O6/c1-5-19-11(17)8-6-10(21-15-8)9(7-16)14-12(18)20-13(2,3)4/h9-10,16H,5-7H2,1-4H3,(H,14,18)/t9-,10+/m0/s1. The van der Waals surface area contributed by atoms with Crippen LogP contribution in [0, 0.1) is 0 Å². The molecule has 2 atom stereocenters. The van der Waals surface area contributed by atoms with Crippen LogP contribution in [-0.2, 0) is 19.1 Å². The fourth-order valence-electron chi connectivity index (χ4n) is 1.66. The molecule has 0 saturated carbocycles. The number of esters is 1. The topological polar surface area (TPSA) is 106 Å². The molecule has 0 fully saturated rings. The quantitative estimate of drug-likeness (QED) is 0.719. The molecule has 1 aliphatic heterocycles. The van der Waals surface area contributed by atoms with Crippen molar-refractivity contribution < 1.29 is 29.0 Å².